The number of nitrogens with two attached hydrogens (primary N) is 1. The Morgan fingerprint density at radius 2 is 1.58 bits per heavy atom. The molecule has 0 aliphatic rings. The zero-order chi connectivity index (χ0) is 25.1. The van der Waals surface area contributed by atoms with Gasteiger partial charge >= 0.3 is 11.9 Å². The number of H-pyrrole nitrogens is 1. The van der Waals surface area contributed by atoms with Crippen molar-refractivity contribution in [3.05, 3.63) is 18.2 Å². The van der Waals surface area contributed by atoms with E-state index in [1.807, 2.05) is 0 Å². The van der Waals surface area contributed by atoms with Gasteiger partial charge in [-0.25, -0.2) is 9.78 Å². The Labute approximate surface area is 189 Å². The summed E-state index contributed by atoms with van der Waals surface area (Å²) in [4.78, 5) is 66.3. The van der Waals surface area contributed by atoms with Gasteiger partial charge in [0.2, 0.25) is 17.7 Å². The van der Waals surface area contributed by atoms with Crippen LogP contribution in [0.3, 0.4) is 0 Å². The second-order valence-electron chi connectivity index (χ2n) is 7.69. The van der Waals surface area contributed by atoms with Gasteiger partial charge < -0.3 is 42.0 Å². The van der Waals surface area contributed by atoms with Crippen LogP contribution in [-0.2, 0) is 30.4 Å². The Balaban J connectivity index is 2.92. The summed E-state index contributed by atoms with van der Waals surface area (Å²) in [5, 5.41) is 34.6. The number of rotatable bonds is 14. The number of amides is 3. The molecule has 14 heteroatoms. The molecule has 0 saturated heterocycles. The van der Waals surface area contributed by atoms with Gasteiger partial charge in [-0.3, -0.25) is 19.2 Å². The van der Waals surface area contributed by atoms with Crippen molar-refractivity contribution in [2.24, 2.45) is 11.7 Å². The number of carboxylic acids is 2. The van der Waals surface area contributed by atoms with Crippen LogP contribution < -0.4 is 21.7 Å². The quantitative estimate of drug-likeness (QED) is 0.140. The smallest absolute Gasteiger partial charge is 0.326 e. The Hall–Kier alpha value is -3.52. The monoisotopic (exact) mass is 470 g/mol. The third-order valence-corrected chi connectivity index (χ3v) is 4.71. The molecule has 0 aromatic carbocycles. The maximum absolute atomic E-state index is 12.7. The number of hydrogen-bond donors (Lipinski definition) is 8. The Morgan fingerprint density at radius 3 is 2.06 bits per heavy atom. The van der Waals surface area contributed by atoms with E-state index in [4.69, 9.17) is 10.8 Å². The molecule has 9 N–H and O–H groups in total. The number of nitrogens with zero attached hydrogens (tertiary/aromatic N) is 1. The zero-order valence-electron chi connectivity index (χ0n) is 18.3. The standard InChI is InChI=1S/C19H30N6O8/c1-9(2)15(20)18(31)25-13(7-26)17(30)23-11(3-4-14(27)28)16(29)24-12(19(32)33)5-10-6-21-8-22-10/h6,8-9,11-13,15,26H,3-5,7,20H2,1-2H3,(H,21,22)(H,23,30)(H,24,29)(H,25,31)(H,27,28)(H,32,33). The molecule has 0 radical (unpaired) electrons. The summed E-state index contributed by atoms with van der Waals surface area (Å²) in [5.41, 5.74) is 6.14. The van der Waals surface area contributed by atoms with Crippen molar-refractivity contribution in [3.8, 4) is 0 Å². The average Bonchev–Trinajstić information content (AvgIpc) is 3.26. The van der Waals surface area contributed by atoms with E-state index in [1.165, 1.54) is 12.5 Å². The van der Waals surface area contributed by atoms with Gasteiger partial charge in [0.1, 0.15) is 18.1 Å². The number of aliphatic carboxylic acids is 2. The third kappa shape index (κ3) is 9.24. The summed E-state index contributed by atoms with van der Waals surface area (Å²) in [7, 11) is 0. The van der Waals surface area contributed by atoms with Gasteiger partial charge in [-0.15, -0.1) is 0 Å². The van der Waals surface area contributed by atoms with Gasteiger partial charge in [0.25, 0.3) is 0 Å². The summed E-state index contributed by atoms with van der Waals surface area (Å²) >= 11 is 0. The highest BCUT2D eigenvalue weighted by Crippen LogP contribution is 2.04. The molecule has 0 aliphatic heterocycles. The molecule has 0 saturated carbocycles. The van der Waals surface area contributed by atoms with Crippen molar-refractivity contribution in [3.63, 3.8) is 0 Å². The van der Waals surface area contributed by atoms with Gasteiger partial charge in [0.05, 0.1) is 19.0 Å². The summed E-state index contributed by atoms with van der Waals surface area (Å²) < 4.78 is 0. The fourth-order valence-corrected chi connectivity index (χ4v) is 2.66. The molecule has 14 nitrogen and oxygen atoms in total. The van der Waals surface area contributed by atoms with Crippen LogP contribution in [0.4, 0.5) is 0 Å². The van der Waals surface area contributed by atoms with Crippen molar-refractivity contribution in [2.75, 3.05) is 6.61 Å². The largest absolute Gasteiger partial charge is 0.481 e. The Morgan fingerprint density at radius 1 is 1.00 bits per heavy atom. The number of carbonyl (C=O) groups excluding carboxylic acids is 3. The number of aliphatic hydroxyl groups excluding tert-OH is 1. The molecule has 1 aromatic rings. The normalized spacial score (nSPS) is 14.6. The van der Waals surface area contributed by atoms with Crippen LogP contribution >= 0.6 is 0 Å². The molecule has 184 valence electrons. The zero-order valence-corrected chi connectivity index (χ0v) is 18.3. The van der Waals surface area contributed by atoms with Crippen LogP contribution in [-0.4, -0.2) is 85.7 Å². The second-order valence-corrected chi connectivity index (χ2v) is 7.69. The van der Waals surface area contributed by atoms with E-state index < -0.39 is 66.9 Å². The molecule has 4 unspecified atom stereocenters. The fraction of sp³-hybridized carbons (Fsp3) is 0.579. The van der Waals surface area contributed by atoms with Gasteiger partial charge in [0.15, 0.2) is 0 Å². The lowest BCUT2D eigenvalue weighted by molar-refractivity contribution is -0.143. The average molecular weight is 470 g/mol. The van der Waals surface area contributed by atoms with Crippen LogP contribution in [0, 0.1) is 5.92 Å². The topological polar surface area (TPSA) is 237 Å². The number of nitrogens with one attached hydrogen (secondary N) is 4. The van der Waals surface area contributed by atoms with E-state index in [1.54, 1.807) is 13.8 Å². The minimum atomic E-state index is -1.46. The van der Waals surface area contributed by atoms with Gasteiger partial charge in [0, 0.05) is 24.7 Å². The van der Waals surface area contributed by atoms with E-state index in [9.17, 15) is 34.2 Å². The molecule has 1 rings (SSSR count). The second kappa shape index (κ2) is 13.1. The van der Waals surface area contributed by atoms with E-state index in [0.717, 1.165) is 0 Å². The number of imidazole rings is 1. The first kappa shape index (κ1) is 27.5. The third-order valence-electron chi connectivity index (χ3n) is 4.71. The summed E-state index contributed by atoms with van der Waals surface area (Å²) in [6.07, 6.45) is 1.71. The van der Waals surface area contributed by atoms with Gasteiger partial charge in [-0.05, 0) is 12.3 Å². The molecule has 1 aromatic heterocycles. The Bertz CT molecular complexity index is 828. The van der Waals surface area contributed by atoms with Crippen molar-refractivity contribution in [2.45, 2.75) is 57.3 Å². The Kier molecular flexibility index (Phi) is 10.9. The maximum atomic E-state index is 12.7. The highest BCUT2D eigenvalue weighted by Gasteiger charge is 2.31. The fourth-order valence-electron chi connectivity index (χ4n) is 2.66. The van der Waals surface area contributed by atoms with E-state index in [0.29, 0.717) is 5.69 Å². The lowest BCUT2D eigenvalue weighted by atomic mass is 10.0. The first-order valence-electron chi connectivity index (χ1n) is 10.2. The summed E-state index contributed by atoms with van der Waals surface area (Å²) in [6.45, 7) is 2.56. The molecule has 33 heavy (non-hydrogen) atoms. The molecule has 0 fully saturated rings. The van der Waals surface area contributed by atoms with Gasteiger partial charge in [-0.1, -0.05) is 13.8 Å². The first-order valence-corrected chi connectivity index (χ1v) is 10.2. The molecule has 1 heterocycles. The molecular formula is C19H30N6O8. The number of carbonyl (C=O) groups is 5. The highest BCUT2D eigenvalue weighted by molar-refractivity contribution is 5.94. The molecule has 4 atom stereocenters. The number of aromatic nitrogens is 2. The number of aromatic amines is 1. The van der Waals surface area contributed by atoms with Crippen molar-refractivity contribution < 1.29 is 39.3 Å². The van der Waals surface area contributed by atoms with E-state index >= 15 is 0 Å². The molecule has 0 aliphatic carbocycles. The van der Waals surface area contributed by atoms with Crippen LogP contribution in [0.25, 0.3) is 0 Å². The summed E-state index contributed by atoms with van der Waals surface area (Å²) in [5.74, 6) is -5.46. The maximum Gasteiger partial charge on any atom is 0.326 e. The predicted molar refractivity (Wildman–Crippen MR) is 112 cm³/mol. The first-order chi connectivity index (χ1) is 15.5. The van der Waals surface area contributed by atoms with Crippen LogP contribution in [0.5, 0.6) is 0 Å². The minimum Gasteiger partial charge on any atom is -0.481 e. The SMILES string of the molecule is CC(C)C(N)C(=O)NC(CO)C(=O)NC(CCC(=O)O)C(=O)NC(Cc1cnc[nH]1)C(=O)O. The molecule has 3 amide bonds. The van der Waals surface area contributed by atoms with Gasteiger partial charge in [-0.2, -0.15) is 0 Å². The van der Waals surface area contributed by atoms with Crippen LogP contribution in [0.2, 0.25) is 0 Å². The molecular weight excluding hydrogens is 440 g/mol. The van der Waals surface area contributed by atoms with Crippen molar-refractivity contribution >= 4 is 29.7 Å². The van der Waals surface area contributed by atoms with Crippen LogP contribution in [0.1, 0.15) is 32.4 Å². The lowest BCUT2D eigenvalue weighted by Gasteiger charge is -2.24. The lowest BCUT2D eigenvalue weighted by Crippen LogP contribution is -2.58. The van der Waals surface area contributed by atoms with Crippen molar-refractivity contribution in [1.82, 2.24) is 25.9 Å². The number of carboxylic acid groups (broad SMARTS) is 2. The predicted octanol–water partition coefficient (Wildman–Crippen LogP) is -2.67. The number of hydrogen-bond acceptors (Lipinski definition) is 8. The minimum absolute atomic E-state index is 0.136. The molecule has 0 spiro atoms. The van der Waals surface area contributed by atoms with Crippen molar-refractivity contribution in [1.29, 1.82) is 0 Å². The van der Waals surface area contributed by atoms with Crippen LogP contribution in [0.15, 0.2) is 12.5 Å². The van der Waals surface area contributed by atoms with E-state index in [2.05, 4.69) is 25.9 Å². The highest BCUT2D eigenvalue weighted by atomic mass is 16.4. The number of aliphatic hydroxyl groups is 1. The van der Waals surface area contributed by atoms with E-state index in [-0.39, 0.29) is 18.8 Å². The summed E-state index contributed by atoms with van der Waals surface area (Å²) in [6, 6.07) is -5.24. The molecule has 0 bridgehead atoms.